The lowest BCUT2D eigenvalue weighted by atomic mass is 10.1. The molecular weight excluding hydrogens is 282 g/mol. The van der Waals surface area contributed by atoms with E-state index < -0.39 is 10.0 Å². The average molecular weight is 299 g/mol. The van der Waals surface area contributed by atoms with Crippen molar-refractivity contribution in [3.63, 3.8) is 0 Å². The van der Waals surface area contributed by atoms with Crippen LogP contribution < -0.4 is 4.31 Å². The first kappa shape index (κ1) is 13.9. The number of fused-ring (bicyclic) bond motifs is 1. The van der Waals surface area contributed by atoms with Crippen LogP contribution in [0.1, 0.15) is 18.1 Å². The molecule has 0 amide bonds. The standard InChI is InChI=1S/C17H17NO2S/c1-13-7-11-16(12-8-13)21(19,20)18-14(2)9-10-15-5-3-4-6-17(15)18/h3-9,11-12H,10H2,1-2H3. The van der Waals surface area contributed by atoms with Gasteiger partial charge in [-0.25, -0.2) is 12.7 Å². The first-order valence-corrected chi connectivity index (χ1v) is 8.31. The van der Waals surface area contributed by atoms with E-state index in [9.17, 15) is 8.42 Å². The fourth-order valence-corrected chi connectivity index (χ4v) is 4.13. The van der Waals surface area contributed by atoms with Gasteiger partial charge >= 0.3 is 0 Å². The SMILES string of the molecule is CC1=CCc2ccccc2N1S(=O)(=O)c1ccc(C)cc1. The van der Waals surface area contributed by atoms with E-state index in [1.807, 2.05) is 56.3 Å². The maximum absolute atomic E-state index is 13.0. The van der Waals surface area contributed by atoms with Gasteiger partial charge in [0, 0.05) is 5.70 Å². The number of anilines is 1. The van der Waals surface area contributed by atoms with E-state index in [-0.39, 0.29) is 0 Å². The maximum Gasteiger partial charge on any atom is 0.268 e. The predicted molar refractivity (Wildman–Crippen MR) is 84.7 cm³/mol. The number of rotatable bonds is 2. The van der Waals surface area contributed by atoms with E-state index in [0.717, 1.165) is 28.9 Å². The van der Waals surface area contributed by atoms with Gasteiger partial charge in [0.05, 0.1) is 10.6 Å². The second-order valence-corrected chi connectivity index (χ2v) is 7.05. The molecule has 108 valence electrons. The normalized spacial score (nSPS) is 14.6. The Morgan fingerprint density at radius 3 is 2.33 bits per heavy atom. The second-order valence-electron chi connectivity index (χ2n) is 5.26. The third kappa shape index (κ3) is 2.36. The van der Waals surface area contributed by atoms with Gasteiger partial charge in [-0.15, -0.1) is 0 Å². The zero-order valence-electron chi connectivity index (χ0n) is 12.1. The Morgan fingerprint density at radius 1 is 0.952 bits per heavy atom. The molecule has 21 heavy (non-hydrogen) atoms. The van der Waals surface area contributed by atoms with Crippen LogP contribution in [0.5, 0.6) is 0 Å². The monoisotopic (exact) mass is 299 g/mol. The number of aryl methyl sites for hydroxylation is 1. The van der Waals surface area contributed by atoms with Crippen molar-refractivity contribution < 1.29 is 8.42 Å². The summed E-state index contributed by atoms with van der Waals surface area (Å²) in [4.78, 5) is 0.317. The molecule has 0 aliphatic carbocycles. The van der Waals surface area contributed by atoms with Gasteiger partial charge in [0.25, 0.3) is 10.0 Å². The molecule has 0 saturated heterocycles. The molecule has 0 fully saturated rings. The van der Waals surface area contributed by atoms with Crippen molar-refractivity contribution in [2.75, 3.05) is 4.31 Å². The van der Waals surface area contributed by atoms with Crippen molar-refractivity contribution in [2.45, 2.75) is 25.2 Å². The molecule has 0 bridgehead atoms. The number of allylic oxidation sites excluding steroid dienone is 2. The Kier molecular flexibility index (Phi) is 3.33. The molecule has 4 heteroatoms. The maximum atomic E-state index is 13.0. The highest BCUT2D eigenvalue weighted by Gasteiger charge is 2.29. The van der Waals surface area contributed by atoms with Gasteiger partial charge in [-0.3, -0.25) is 0 Å². The second kappa shape index (κ2) is 5.04. The zero-order valence-corrected chi connectivity index (χ0v) is 12.9. The van der Waals surface area contributed by atoms with Crippen molar-refractivity contribution in [2.24, 2.45) is 0 Å². The lowest BCUT2D eigenvalue weighted by Gasteiger charge is -2.30. The molecule has 0 radical (unpaired) electrons. The molecule has 0 spiro atoms. The molecule has 1 heterocycles. The summed E-state index contributed by atoms with van der Waals surface area (Å²) >= 11 is 0. The topological polar surface area (TPSA) is 37.4 Å². The molecule has 0 N–H and O–H groups in total. The Bertz CT molecular complexity index is 805. The van der Waals surface area contributed by atoms with E-state index in [4.69, 9.17) is 0 Å². The van der Waals surface area contributed by atoms with Gasteiger partial charge in [0.1, 0.15) is 0 Å². The molecule has 1 aliphatic heterocycles. The van der Waals surface area contributed by atoms with Crippen LogP contribution in [0.4, 0.5) is 5.69 Å². The van der Waals surface area contributed by atoms with E-state index in [0.29, 0.717) is 4.90 Å². The van der Waals surface area contributed by atoms with Gasteiger partial charge in [0.2, 0.25) is 0 Å². The van der Waals surface area contributed by atoms with Crippen molar-refractivity contribution >= 4 is 15.7 Å². The molecule has 0 atom stereocenters. The van der Waals surface area contributed by atoms with Crippen LogP contribution >= 0.6 is 0 Å². The summed E-state index contributed by atoms with van der Waals surface area (Å²) in [7, 11) is -3.58. The number of hydrogen-bond acceptors (Lipinski definition) is 2. The van der Waals surface area contributed by atoms with Crippen LogP contribution in [-0.4, -0.2) is 8.42 Å². The van der Waals surface area contributed by atoms with Crippen LogP contribution in [0.3, 0.4) is 0 Å². The number of nitrogens with zero attached hydrogens (tertiary/aromatic N) is 1. The summed E-state index contributed by atoms with van der Waals surface area (Å²) in [6.45, 7) is 3.78. The minimum absolute atomic E-state index is 0.317. The minimum atomic E-state index is -3.58. The van der Waals surface area contributed by atoms with Crippen LogP contribution in [0.15, 0.2) is 65.2 Å². The predicted octanol–water partition coefficient (Wildman–Crippen LogP) is 3.65. The fourth-order valence-electron chi connectivity index (χ4n) is 2.55. The molecule has 3 rings (SSSR count). The van der Waals surface area contributed by atoms with Crippen LogP contribution in [0, 0.1) is 6.92 Å². The first-order chi connectivity index (χ1) is 10.00. The zero-order chi connectivity index (χ0) is 15.0. The summed E-state index contributed by atoms with van der Waals surface area (Å²) in [5, 5.41) is 0. The number of sulfonamides is 1. The summed E-state index contributed by atoms with van der Waals surface area (Å²) in [5.74, 6) is 0. The van der Waals surface area contributed by atoms with E-state index >= 15 is 0 Å². The molecule has 0 aromatic heterocycles. The summed E-state index contributed by atoms with van der Waals surface area (Å²) in [6.07, 6.45) is 2.72. The summed E-state index contributed by atoms with van der Waals surface area (Å²) in [6, 6.07) is 14.6. The molecule has 0 unspecified atom stereocenters. The number of hydrogen-bond donors (Lipinski definition) is 0. The Morgan fingerprint density at radius 2 is 1.62 bits per heavy atom. The van der Waals surface area contributed by atoms with Crippen molar-refractivity contribution in [1.82, 2.24) is 0 Å². The Balaban J connectivity index is 2.15. The molecule has 2 aromatic carbocycles. The van der Waals surface area contributed by atoms with Crippen LogP contribution in [-0.2, 0) is 16.4 Å². The van der Waals surface area contributed by atoms with Gasteiger partial charge in [-0.1, -0.05) is 42.0 Å². The average Bonchev–Trinajstić information content (AvgIpc) is 2.47. The van der Waals surface area contributed by atoms with Gasteiger partial charge in [0.15, 0.2) is 0 Å². The van der Waals surface area contributed by atoms with E-state index in [1.54, 1.807) is 12.1 Å². The summed E-state index contributed by atoms with van der Waals surface area (Å²) in [5.41, 5.74) is 3.56. The fraction of sp³-hybridized carbons (Fsp3) is 0.176. The van der Waals surface area contributed by atoms with Gasteiger partial charge in [-0.05, 0) is 44.0 Å². The van der Waals surface area contributed by atoms with Crippen molar-refractivity contribution in [3.8, 4) is 0 Å². The number of benzene rings is 2. The quantitative estimate of drug-likeness (QED) is 0.849. The lowest BCUT2D eigenvalue weighted by molar-refractivity contribution is 0.594. The van der Waals surface area contributed by atoms with Crippen LogP contribution in [0.25, 0.3) is 0 Å². The third-order valence-corrected chi connectivity index (χ3v) is 5.54. The molecule has 1 aliphatic rings. The number of para-hydroxylation sites is 1. The smallest absolute Gasteiger partial charge is 0.239 e. The summed E-state index contributed by atoms with van der Waals surface area (Å²) < 4.78 is 27.4. The van der Waals surface area contributed by atoms with Gasteiger partial charge < -0.3 is 0 Å². The Hall–Kier alpha value is -2.07. The van der Waals surface area contributed by atoms with E-state index in [2.05, 4.69) is 0 Å². The highest BCUT2D eigenvalue weighted by atomic mass is 32.2. The Labute approximate surface area is 125 Å². The lowest BCUT2D eigenvalue weighted by Crippen LogP contribution is -2.32. The highest BCUT2D eigenvalue weighted by molar-refractivity contribution is 7.93. The van der Waals surface area contributed by atoms with E-state index in [1.165, 1.54) is 4.31 Å². The third-order valence-electron chi connectivity index (χ3n) is 3.71. The largest absolute Gasteiger partial charge is 0.268 e. The molecule has 3 nitrogen and oxygen atoms in total. The van der Waals surface area contributed by atoms with Crippen LogP contribution in [0.2, 0.25) is 0 Å². The highest BCUT2D eigenvalue weighted by Crippen LogP contribution is 2.34. The van der Waals surface area contributed by atoms with Gasteiger partial charge in [-0.2, -0.15) is 0 Å². The van der Waals surface area contributed by atoms with Crippen molar-refractivity contribution in [1.29, 1.82) is 0 Å². The minimum Gasteiger partial charge on any atom is -0.239 e. The first-order valence-electron chi connectivity index (χ1n) is 6.87. The van der Waals surface area contributed by atoms with Crippen molar-refractivity contribution in [3.05, 3.63) is 71.4 Å². The molecule has 0 saturated carbocycles. The molecule has 2 aromatic rings. The molecular formula is C17H17NO2S.